The second kappa shape index (κ2) is 48.2. The van der Waals surface area contributed by atoms with E-state index in [4.69, 9.17) is 77.4 Å². The van der Waals surface area contributed by atoms with E-state index in [-0.39, 0.29) is 107 Å². The van der Waals surface area contributed by atoms with E-state index in [0.29, 0.717) is 31.2 Å². The summed E-state index contributed by atoms with van der Waals surface area (Å²) >= 11 is 0. The van der Waals surface area contributed by atoms with Crippen LogP contribution in [0.2, 0.25) is 0 Å². The number of esters is 5. The number of hydrogen-bond donors (Lipinski definition) is 2. The number of ketones is 4. The van der Waals surface area contributed by atoms with Gasteiger partial charge in [0.15, 0.2) is 41.5 Å². The van der Waals surface area contributed by atoms with E-state index in [2.05, 4.69) is 25.4 Å². The lowest BCUT2D eigenvalue weighted by Crippen LogP contribution is -2.63. The molecule has 6 fully saturated rings. The number of cyclic esters (lactones) is 2. The molecule has 0 spiro atoms. The molecule has 776 valence electrons. The van der Waals surface area contributed by atoms with Gasteiger partial charge in [-0.05, 0) is 183 Å². The molecule has 26 atom stereocenters. The Hall–Kier alpha value is -11.9. The summed E-state index contributed by atoms with van der Waals surface area (Å²) in [4.78, 5) is 180. The molecule has 1 aliphatic carbocycles. The minimum Gasteiger partial charge on any atom is -0.459 e. The van der Waals surface area contributed by atoms with Gasteiger partial charge in [0.05, 0.1) is 70.4 Å². The molecule has 0 aromatic heterocycles. The molecular weight excluding hydrogens is 1860 g/mol. The minimum absolute atomic E-state index is 0.0321. The number of aliphatic hydroxyl groups excluding tert-OH is 1. The number of benzene rings is 5. The van der Waals surface area contributed by atoms with Crippen molar-refractivity contribution in [1.29, 1.82) is 0 Å². The minimum atomic E-state index is -3.41. The van der Waals surface area contributed by atoms with Gasteiger partial charge in [0, 0.05) is 104 Å². The number of carbonyl (C=O) groups excluding carboxylic acids is 12. The molecule has 12 rings (SSSR count). The van der Waals surface area contributed by atoms with Crippen LogP contribution in [0.3, 0.4) is 0 Å². The molecule has 3 amide bonds. The van der Waals surface area contributed by atoms with Crippen LogP contribution in [0.4, 0.5) is 23.2 Å². The number of halogens is 2. The first-order chi connectivity index (χ1) is 67.8. The van der Waals surface area contributed by atoms with E-state index in [1.54, 1.807) is 146 Å². The molecule has 0 bridgehead atoms. The Kier molecular flexibility index (Phi) is 37.6. The van der Waals surface area contributed by atoms with Gasteiger partial charge < -0.3 is 91.4 Å². The van der Waals surface area contributed by atoms with E-state index in [1.165, 1.54) is 70.8 Å². The van der Waals surface area contributed by atoms with Gasteiger partial charge >= 0.3 is 48.1 Å². The number of azide groups is 2. The van der Waals surface area contributed by atoms with Crippen LogP contribution in [-0.4, -0.2) is 285 Å². The summed E-state index contributed by atoms with van der Waals surface area (Å²) in [5, 5.41) is 21.7. The molecule has 7 aliphatic rings. The topological polar surface area (TPSA) is 474 Å². The van der Waals surface area contributed by atoms with Gasteiger partial charge in [0.1, 0.15) is 49.7 Å². The van der Waals surface area contributed by atoms with Crippen LogP contribution in [0.25, 0.3) is 32.0 Å². The van der Waals surface area contributed by atoms with Gasteiger partial charge in [-0.15, -0.1) is 0 Å². The van der Waals surface area contributed by atoms with Crippen LogP contribution in [0.5, 0.6) is 0 Å². The highest BCUT2D eigenvalue weighted by molar-refractivity contribution is 6.09. The zero-order valence-corrected chi connectivity index (χ0v) is 84.3. The zero-order valence-electron chi connectivity index (χ0n) is 84.3. The number of ether oxygens (including phenoxy) is 14. The predicted octanol–water partition coefficient (Wildman–Crippen LogP) is 15.3. The first kappa shape index (κ1) is 111. The smallest absolute Gasteiger partial charge is 0.410 e. The van der Waals surface area contributed by atoms with E-state index in [9.17, 15) is 53.1 Å². The molecule has 37 nitrogen and oxygen atoms in total. The summed E-state index contributed by atoms with van der Waals surface area (Å²) in [5.41, 5.74) is 8.71. The number of amides is 3. The molecular formula is C104H134F2N10O27. The molecule has 5 aromatic carbocycles. The highest BCUT2D eigenvalue weighted by Gasteiger charge is 2.65. The summed E-state index contributed by atoms with van der Waals surface area (Å²) in [6.07, 6.45) is -15.2. The molecule has 0 saturated carbocycles. The van der Waals surface area contributed by atoms with Crippen molar-refractivity contribution < 1.29 is 138 Å². The molecule has 5 aromatic rings. The number of alkyl carbamates (subject to hydrolysis) is 1. The number of unbranched alkanes of at least 4 members (excludes halogenated alkanes) is 2. The molecule has 6 saturated heterocycles. The van der Waals surface area contributed by atoms with Crippen molar-refractivity contribution in [2.75, 3.05) is 74.3 Å². The van der Waals surface area contributed by atoms with Crippen LogP contribution in [-0.2, 0) is 95.1 Å². The van der Waals surface area contributed by atoms with E-state index < -0.39 is 221 Å². The van der Waals surface area contributed by atoms with Crippen molar-refractivity contribution in [2.45, 2.75) is 286 Å². The number of aliphatic hydroxyl groups is 1. The Morgan fingerprint density at radius 2 is 0.902 bits per heavy atom. The van der Waals surface area contributed by atoms with Gasteiger partial charge in [-0.1, -0.05) is 169 Å². The summed E-state index contributed by atoms with van der Waals surface area (Å²) in [6.45, 7) is 20.0. The number of rotatable bonds is 30. The van der Waals surface area contributed by atoms with Crippen LogP contribution < -0.4 is 5.32 Å². The van der Waals surface area contributed by atoms with Gasteiger partial charge in [0.25, 0.3) is 11.3 Å². The zero-order chi connectivity index (χ0) is 105. The summed E-state index contributed by atoms with van der Waals surface area (Å²) in [7, 11) is 6.13. The lowest BCUT2D eigenvalue weighted by atomic mass is 9.73. The number of carbonyl (C=O) groups is 12. The molecule has 6 heterocycles. The Morgan fingerprint density at radius 3 is 1.30 bits per heavy atom. The molecule has 8 unspecified atom stereocenters. The number of likely N-dealkylation sites (N-methyl/N-ethyl adjacent to an activating group) is 1. The van der Waals surface area contributed by atoms with Crippen molar-refractivity contribution >= 4 is 71.3 Å². The lowest BCUT2D eigenvalue weighted by molar-refractivity contribution is -0.300. The first-order valence-electron chi connectivity index (χ1n) is 48.7. The highest BCUT2D eigenvalue weighted by Crippen LogP contribution is 2.49. The van der Waals surface area contributed by atoms with Gasteiger partial charge in [-0.3, -0.25) is 19.2 Å². The summed E-state index contributed by atoms with van der Waals surface area (Å²) in [6, 6.07) is 36.2. The Bertz CT molecular complexity index is 5400. The van der Waals surface area contributed by atoms with Crippen molar-refractivity contribution in [3.63, 3.8) is 0 Å². The summed E-state index contributed by atoms with van der Waals surface area (Å²) in [5.74, 6) is -15.8. The fourth-order valence-corrected chi connectivity index (χ4v) is 21.4. The number of methoxy groups -OCH3 is 2. The molecule has 6 aliphatic heterocycles. The monoisotopic (exact) mass is 1990 g/mol. The van der Waals surface area contributed by atoms with Crippen LogP contribution >= 0.6 is 0 Å². The van der Waals surface area contributed by atoms with Crippen molar-refractivity contribution in [3.05, 3.63) is 188 Å². The van der Waals surface area contributed by atoms with Crippen LogP contribution in [0.15, 0.2) is 150 Å². The third-order valence-electron chi connectivity index (χ3n) is 29.1. The number of nitrogens with zero attached hydrogens (tertiary/aromatic N) is 9. The predicted molar refractivity (Wildman–Crippen MR) is 513 cm³/mol. The molecule has 0 radical (unpaired) electrons. The highest BCUT2D eigenvalue weighted by atomic mass is 19.1. The Morgan fingerprint density at radius 1 is 0.517 bits per heavy atom. The van der Waals surface area contributed by atoms with Gasteiger partial charge in [-0.25, -0.2) is 47.1 Å². The summed E-state index contributed by atoms with van der Waals surface area (Å²) < 4.78 is 121. The van der Waals surface area contributed by atoms with Crippen molar-refractivity contribution in [3.8, 4) is 11.1 Å². The second-order valence-electron chi connectivity index (χ2n) is 39.3. The average molecular weight is 1990 g/mol. The number of fused-ring (bicyclic) bond motifs is 5. The molecule has 143 heavy (non-hydrogen) atoms. The molecule has 39 heteroatoms. The number of Topliss-reactive ketones (excluding diaryl/α,β-unsaturated/α-hetero) is 4. The third kappa shape index (κ3) is 24.9. The van der Waals surface area contributed by atoms with Crippen LogP contribution in [0, 0.1) is 35.5 Å². The number of nitrogens with one attached hydrogen (secondary N) is 1. The number of alkyl halides is 2. The maximum atomic E-state index is 17.6. The van der Waals surface area contributed by atoms with Crippen LogP contribution in [0.1, 0.15) is 209 Å². The van der Waals surface area contributed by atoms with Crippen molar-refractivity contribution in [1.82, 2.24) is 20.0 Å². The Labute approximate surface area is 830 Å². The fraction of sp³-hybridized carbons (Fsp3) is 0.596. The second-order valence-corrected chi connectivity index (χ2v) is 39.3. The molecule has 2 N–H and O–H groups in total. The van der Waals surface area contributed by atoms with Crippen molar-refractivity contribution in [2.24, 2.45) is 45.7 Å². The largest absolute Gasteiger partial charge is 0.459 e. The quantitative estimate of drug-likeness (QED) is 0.00820. The SMILES string of the molecule is CC[C@H]1OC(=O)[C@@](C)(F)C(=O)[C@H](C)[C@@H](OC2OC(COC(=O)c3ccccc3)CC(N(C)C)C2O)[C@@](C)(OC)C[C@@H](C)C(=O)[C@H](C)[C@H]2N(CCCCN=[N+]=[N-])C(=O)O[C@]12C.CC[C@H]1OC(=O)[C@@](C)(F)C(=O)[C@H](C)[C@@H](OC2OC(COC(=O)c3ccccc3)CC(NC(=O)OCC3c4ccccc4-c4ccccc43)C2OC(=O)c2ccccc2)[C@@](C)(OC)C[C@@H](C)C(=O)[C@H](C)[C@H]2N(CCCCN=[N+]=[N-])C(=O)O[C@]12C. The maximum absolute atomic E-state index is 17.6. The van der Waals surface area contributed by atoms with E-state index in [1.807, 2.05) is 48.5 Å². The Balaban J connectivity index is 0.000000288. The lowest BCUT2D eigenvalue weighted by Gasteiger charge is -2.47. The maximum Gasteiger partial charge on any atom is 0.410 e. The standard InChI is InChI=1S/C62H72FN5O15.C42H62FN5O12/c1-9-48-62(7)51(68(59(75)83-62)31-21-20-30-65-67-64)37(3)49(69)36(2)33-60(5,76-8)53(38(4)52(70)61(6,63)57(73)80-48)82-56-50(81-55(72)40-24-14-11-15-25-40)47(32-41(79-56)34-77-54(71)39-22-12-10-13-23-39)66-58(74)78-35-46-44-28-18-16-26-42(44)43-27-17-19-29-45(43)46;1-11-30-42(7)33(48(39(54)60-42)20-16-15-19-45-46-44)25(3)31(49)24(2)22-40(5,55-10)35(26(4)34(51)41(6,43)38(53)58-30)59-37-32(50)29(47(8)9)21-28(57-37)23-56-36(52)27-17-13-12-14-18-27/h10-19,22-29,36-38,41,46-48,50-51,53,56H,9,20-21,30-35H2,1-8H3,(H,66,74);12-14,17-18,24-26,28-30,32-33,35,37,50H,11,15-16,19-23H2,1-10H3/t36-,37+,38+,41?,47?,48-,50?,51-,53-,56?,60+,61+,62-;24-,25+,26+,28?,29?,30-,32?,33-,35-,37?,40+,41+,42-/m11/s1. The first-order valence-corrected chi connectivity index (χ1v) is 48.7. The fourth-order valence-electron chi connectivity index (χ4n) is 21.4. The third-order valence-corrected chi connectivity index (χ3v) is 29.1. The van der Waals surface area contributed by atoms with E-state index in [0.717, 1.165) is 36.1 Å². The van der Waals surface area contributed by atoms with Gasteiger partial charge in [0.2, 0.25) is 0 Å². The number of hydrogen-bond acceptors (Lipinski definition) is 30. The average Bonchev–Trinajstić information content (AvgIpc) is 1.58. The van der Waals surface area contributed by atoms with E-state index >= 15 is 18.4 Å². The van der Waals surface area contributed by atoms with Gasteiger partial charge in [-0.2, -0.15) is 0 Å². The normalized spacial score (nSPS) is 32.9.